The van der Waals surface area contributed by atoms with Crippen LogP contribution in [0.1, 0.15) is 48.5 Å². The van der Waals surface area contributed by atoms with Crippen LogP contribution in [0.15, 0.2) is 53.4 Å². The molecular formula is C19H21F5O2S. The van der Waals surface area contributed by atoms with Gasteiger partial charge in [-0.2, -0.15) is 0 Å². The van der Waals surface area contributed by atoms with Crippen molar-refractivity contribution in [3.8, 4) is 5.75 Å². The number of esters is 1. The van der Waals surface area contributed by atoms with Crippen LogP contribution in [0.4, 0.5) is 19.4 Å². The minimum absolute atomic E-state index is 0.212. The maximum atomic E-state index is 12.7. The first-order chi connectivity index (χ1) is 12.4. The van der Waals surface area contributed by atoms with Gasteiger partial charge in [-0.05, 0) is 54.8 Å². The van der Waals surface area contributed by atoms with Gasteiger partial charge >= 0.3 is 16.2 Å². The van der Waals surface area contributed by atoms with Crippen molar-refractivity contribution in [3.63, 3.8) is 0 Å². The molecule has 0 bridgehead atoms. The number of carbonyl (C=O) groups is 1. The molecule has 0 aliphatic rings. The molecule has 8 heteroatoms. The molecule has 0 spiro atoms. The summed E-state index contributed by atoms with van der Waals surface area (Å²) < 4.78 is 68.3. The fraction of sp³-hybridized carbons (Fsp3) is 0.316. The first-order valence-electron chi connectivity index (χ1n) is 8.54. The molecule has 27 heavy (non-hydrogen) atoms. The number of hydrogen-bond donors (Lipinski definition) is 0. The molecule has 2 nitrogen and oxygen atoms in total. The number of unbranched alkanes of at least 4 members (excludes halogenated alkanes) is 3. The van der Waals surface area contributed by atoms with Gasteiger partial charge in [0.05, 0.1) is 5.56 Å². The number of benzene rings is 2. The second-order valence-corrected chi connectivity index (χ2v) is 8.75. The molecule has 0 aliphatic heterocycles. The third kappa shape index (κ3) is 6.53. The van der Waals surface area contributed by atoms with E-state index in [9.17, 15) is 24.2 Å². The van der Waals surface area contributed by atoms with Crippen LogP contribution in [0, 0.1) is 0 Å². The minimum atomic E-state index is -9.73. The van der Waals surface area contributed by atoms with Crippen LogP contribution < -0.4 is 4.74 Å². The molecule has 0 aliphatic carbocycles. The molecule has 0 saturated carbocycles. The normalized spacial score (nSPS) is 14.3. The lowest BCUT2D eigenvalue weighted by Gasteiger charge is -2.40. The lowest BCUT2D eigenvalue weighted by Crippen LogP contribution is -2.09. The fourth-order valence-electron chi connectivity index (χ4n) is 2.49. The van der Waals surface area contributed by atoms with E-state index in [1.165, 1.54) is 6.42 Å². The molecule has 0 heterocycles. The van der Waals surface area contributed by atoms with Crippen molar-refractivity contribution < 1.29 is 29.0 Å². The van der Waals surface area contributed by atoms with Crippen molar-refractivity contribution in [1.29, 1.82) is 0 Å². The van der Waals surface area contributed by atoms with E-state index >= 15 is 0 Å². The zero-order chi connectivity index (χ0) is 20.2. The van der Waals surface area contributed by atoms with Gasteiger partial charge in [-0.15, -0.1) is 0 Å². The smallest absolute Gasteiger partial charge is 0.343 e. The summed E-state index contributed by atoms with van der Waals surface area (Å²) in [6.45, 7) is 2.13. The van der Waals surface area contributed by atoms with Gasteiger partial charge in [-0.1, -0.05) is 57.7 Å². The number of aryl methyl sites for hydroxylation is 1. The summed E-state index contributed by atoms with van der Waals surface area (Å²) in [4.78, 5) is 10.0. The Hall–Kier alpha value is -2.09. The highest BCUT2D eigenvalue weighted by Crippen LogP contribution is 3.02. The molecule has 0 fully saturated rings. The summed E-state index contributed by atoms with van der Waals surface area (Å²) >= 11 is 0. The lowest BCUT2D eigenvalue weighted by atomic mass is 10.0. The zero-order valence-corrected chi connectivity index (χ0v) is 15.6. The van der Waals surface area contributed by atoms with E-state index in [4.69, 9.17) is 4.74 Å². The first kappa shape index (κ1) is 21.2. The molecule has 0 atom stereocenters. The Kier molecular flexibility index (Phi) is 5.61. The number of hydrogen-bond acceptors (Lipinski definition) is 2. The maximum absolute atomic E-state index is 12.7. The third-order valence-corrected chi connectivity index (χ3v) is 5.15. The van der Waals surface area contributed by atoms with E-state index in [2.05, 4.69) is 6.92 Å². The van der Waals surface area contributed by atoms with Crippen molar-refractivity contribution >= 4 is 16.2 Å². The Balaban J connectivity index is 1.99. The Morgan fingerprint density at radius 2 is 1.44 bits per heavy atom. The number of halogens is 5. The molecule has 0 unspecified atom stereocenters. The van der Waals surface area contributed by atoms with Crippen LogP contribution in [0.3, 0.4) is 0 Å². The Labute approximate surface area is 155 Å². The fourth-order valence-corrected chi connectivity index (χ4v) is 3.14. The molecule has 2 rings (SSSR count). The average Bonchev–Trinajstić information content (AvgIpc) is 2.58. The number of carbonyl (C=O) groups excluding carboxylic acids is 1. The molecular weight excluding hydrogens is 387 g/mol. The largest absolute Gasteiger partial charge is 0.423 e. The van der Waals surface area contributed by atoms with Gasteiger partial charge < -0.3 is 4.74 Å². The summed E-state index contributed by atoms with van der Waals surface area (Å²) in [5.41, 5.74) is 1.30. The molecule has 2 aromatic carbocycles. The standard InChI is InChI=1S/C19H21F5O2S/c1-2-3-4-5-6-15-7-9-16(10-8-15)19(25)26-17-11-13-18(14-12-17)27(20,21,22,23)24/h7-14H,2-6H2,1H3. The topological polar surface area (TPSA) is 26.3 Å². The highest BCUT2D eigenvalue weighted by atomic mass is 32.5. The zero-order valence-electron chi connectivity index (χ0n) is 14.8. The van der Waals surface area contributed by atoms with Gasteiger partial charge in [-0.25, -0.2) is 4.79 Å². The van der Waals surface area contributed by atoms with E-state index in [0.29, 0.717) is 12.1 Å². The van der Waals surface area contributed by atoms with Crippen molar-refractivity contribution in [3.05, 3.63) is 59.7 Å². The van der Waals surface area contributed by atoms with Crippen LogP contribution in [-0.2, 0) is 6.42 Å². The van der Waals surface area contributed by atoms with Gasteiger partial charge in [0.15, 0.2) is 0 Å². The molecule has 2 aromatic rings. The Bertz CT molecular complexity index is 784. The van der Waals surface area contributed by atoms with Gasteiger partial charge in [0.1, 0.15) is 10.6 Å². The van der Waals surface area contributed by atoms with Crippen LogP contribution in [-0.4, -0.2) is 5.97 Å². The Morgan fingerprint density at radius 1 is 0.852 bits per heavy atom. The van der Waals surface area contributed by atoms with Crippen LogP contribution in [0.5, 0.6) is 5.75 Å². The Morgan fingerprint density at radius 3 is 1.96 bits per heavy atom. The predicted octanol–water partition coefficient (Wildman–Crippen LogP) is 7.69. The molecule has 0 saturated heterocycles. The monoisotopic (exact) mass is 408 g/mol. The van der Waals surface area contributed by atoms with Crippen molar-refractivity contribution in [2.45, 2.75) is 43.9 Å². The van der Waals surface area contributed by atoms with Crippen molar-refractivity contribution in [1.82, 2.24) is 0 Å². The quantitative estimate of drug-likeness (QED) is 0.194. The summed E-state index contributed by atoms with van der Waals surface area (Å²) in [5.74, 6) is -1.01. The summed E-state index contributed by atoms with van der Waals surface area (Å²) in [6.07, 6.45) is 5.40. The molecule has 0 aromatic heterocycles. The minimum Gasteiger partial charge on any atom is -0.423 e. The van der Waals surface area contributed by atoms with Crippen molar-refractivity contribution in [2.75, 3.05) is 0 Å². The first-order valence-corrected chi connectivity index (χ1v) is 10.5. The van der Waals surface area contributed by atoms with E-state index in [1.807, 2.05) is 0 Å². The van der Waals surface area contributed by atoms with E-state index in [1.54, 1.807) is 24.3 Å². The SMILES string of the molecule is CCCCCCc1ccc(C(=O)Oc2ccc(S(F)(F)(F)(F)F)cc2)cc1. The molecule has 150 valence electrons. The summed E-state index contributed by atoms with van der Waals surface area (Å²) in [5, 5.41) is 0. The van der Waals surface area contributed by atoms with Crippen LogP contribution in [0.25, 0.3) is 0 Å². The summed E-state index contributed by atoms with van der Waals surface area (Å²) in [7, 11) is -9.73. The highest BCUT2D eigenvalue weighted by molar-refractivity contribution is 8.45. The number of rotatable bonds is 8. The van der Waals surface area contributed by atoms with Gasteiger partial charge in [0, 0.05) is 0 Å². The summed E-state index contributed by atoms with van der Waals surface area (Å²) in [6, 6.07) is 8.55. The van der Waals surface area contributed by atoms with Crippen molar-refractivity contribution in [2.24, 2.45) is 0 Å². The van der Waals surface area contributed by atoms with Crippen LogP contribution in [0.2, 0.25) is 0 Å². The molecule has 0 radical (unpaired) electrons. The van der Waals surface area contributed by atoms with Crippen LogP contribution >= 0.6 is 10.2 Å². The van der Waals surface area contributed by atoms with E-state index in [-0.39, 0.29) is 23.4 Å². The molecule has 0 amide bonds. The number of ether oxygens (including phenoxy) is 1. The van der Waals surface area contributed by atoms with Gasteiger partial charge in [0.25, 0.3) is 0 Å². The predicted molar refractivity (Wildman–Crippen MR) is 97.1 cm³/mol. The maximum Gasteiger partial charge on any atom is 0.343 e. The lowest BCUT2D eigenvalue weighted by molar-refractivity contribution is 0.0734. The average molecular weight is 408 g/mol. The van der Waals surface area contributed by atoms with E-state index in [0.717, 1.165) is 31.2 Å². The molecule has 0 N–H and O–H groups in total. The van der Waals surface area contributed by atoms with E-state index < -0.39 is 21.1 Å². The van der Waals surface area contributed by atoms with Gasteiger partial charge in [-0.3, -0.25) is 0 Å². The second kappa shape index (κ2) is 7.14. The third-order valence-electron chi connectivity index (χ3n) is 3.99. The highest BCUT2D eigenvalue weighted by Gasteiger charge is 2.65. The second-order valence-electron chi connectivity index (χ2n) is 6.34. The van der Waals surface area contributed by atoms with Gasteiger partial charge in [0.2, 0.25) is 0 Å².